The lowest BCUT2D eigenvalue weighted by molar-refractivity contribution is -0.197. The first-order chi connectivity index (χ1) is 15.7. The lowest BCUT2D eigenvalue weighted by Gasteiger charge is -2.37. The Kier molecular flexibility index (Phi) is 6.78. The molecule has 5 rings (SSSR count). The molecule has 6 nitrogen and oxygen atoms in total. The number of anilines is 1. The molecule has 0 spiro atoms. The predicted octanol–water partition coefficient (Wildman–Crippen LogP) is 4.92. The van der Waals surface area contributed by atoms with E-state index in [-0.39, 0.29) is 18.8 Å². The van der Waals surface area contributed by atoms with Gasteiger partial charge in [-0.15, -0.1) is 0 Å². The van der Waals surface area contributed by atoms with E-state index in [0.717, 1.165) is 22.9 Å². The molecule has 0 N–H and O–H groups in total. The number of alkyl halides is 3. The molecule has 0 radical (unpaired) electrons. The summed E-state index contributed by atoms with van der Waals surface area (Å²) in [7, 11) is 0. The number of hydrogen-bond acceptors (Lipinski definition) is 6. The highest BCUT2D eigenvalue weighted by Gasteiger charge is 2.49. The van der Waals surface area contributed by atoms with Crippen molar-refractivity contribution in [1.82, 2.24) is 19.9 Å². The molecule has 33 heavy (non-hydrogen) atoms. The van der Waals surface area contributed by atoms with Gasteiger partial charge in [0, 0.05) is 37.0 Å². The van der Waals surface area contributed by atoms with Gasteiger partial charge in [0.25, 0.3) is 0 Å². The molecule has 0 atom stereocenters. The maximum absolute atomic E-state index is 12.9. The SMILES string of the molecule is Cc1ccccn1.Cc1nc2cc(N3CCOCC3)nc(C3CC(C(F)(F)F)C3)c2nc1C. The Hall–Kier alpha value is -2.81. The van der Waals surface area contributed by atoms with E-state index in [4.69, 9.17) is 9.72 Å². The number of hydrogen-bond donors (Lipinski definition) is 0. The summed E-state index contributed by atoms with van der Waals surface area (Å²) in [4.78, 5) is 20.0. The monoisotopic (exact) mass is 459 g/mol. The van der Waals surface area contributed by atoms with Crippen LogP contribution in [0, 0.1) is 26.7 Å². The minimum absolute atomic E-state index is 0.0762. The highest BCUT2D eigenvalue weighted by Crippen LogP contribution is 2.50. The van der Waals surface area contributed by atoms with Gasteiger partial charge in [-0.25, -0.2) is 15.0 Å². The summed E-state index contributed by atoms with van der Waals surface area (Å²) in [5, 5.41) is 0. The number of morpholine rings is 1. The molecular formula is C24H28F3N5O. The van der Waals surface area contributed by atoms with Crippen molar-refractivity contribution in [1.29, 1.82) is 0 Å². The van der Waals surface area contributed by atoms with E-state index in [2.05, 4.69) is 19.9 Å². The van der Waals surface area contributed by atoms with Crippen molar-refractivity contribution in [2.24, 2.45) is 5.92 Å². The van der Waals surface area contributed by atoms with Gasteiger partial charge in [0.15, 0.2) is 0 Å². The van der Waals surface area contributed by atoms with Gasteiger partial charge in [0.05, 0.1) is 41.7 Å². The van der Waals surface area contributed by atoms with E-state index in [9.17, 15) is 13.2 Å². The van der Waals surface area contributed by atoms with E-state index in [0.29, 0.717) is 43.0 Å². The van der Waals surface area contributed by atoms with Gasteiger partial charge in [0.2, 0.25) is 0 Å². The van der Waals surface area contributed by atoms with Crippen LogP contribution in [-0.2, 0) is 4.74 Å². The summed E-state index contributed by atoms with van der Waals surface area (Å²) >= 11 is 0. The Labute approximate surface area is 191 Å². The van der Waals surface area contributed by atoms with Crippen molar-refractivity contribution >= 4 is 16.9 Å². The Morgan fingerprint density at radius 2 is 1.67 bits per heavy atom. The van der Waals surface area contributed by atoms with E-state index in [1.807, 2.05) is 45.0 Å². The van der Waals surface area contributed by atoms with E-state index < -0.39 is 12.1 Å². The molecule has 1 aliphatic heterocycles. The minimum Gasteiger partial charge on any atom is -0.378 e. The van der Waals surface area contributed by atoms with Crippen LogP contribution >= 0.6 is 0 Å². The molecule has 176 valence electrons. The number of rotatable bonds is 2. The molecular weight excluding hydrogens is 431 g/mol. The van der Waals surface area contributed by atoms with Crippen LogP contribution in [-0.4, -0.2) is 52.4 Å². The lowest BCUT2D eigenvalue weighted by Crippen LogP contribution is -2.38. The predicted molar refractivity (Wildman–Crippen MR) is 120 cm³/mol. The number of aryl methyl sites for hydroxylation is 3. The van der Waals surface area contributed by atoms with Crippen LogP contribution in [0.5, 0.6) is 0 Å². The smallest absolute Gasteiger partial charge is 0.378 e. The van der Waals surface area contributed by atoms with Crippen molar-refractivity contribution in [3.05, 3.63) is 53.2 Å². The fraction of sp³-hybridized carbons (Fsp3) is 0.500. The van der Waals surface area contributed by atoms with E-state index in [1.165, 1.54) is 0 Å². The van der Waals surface area contributed by atoms with Gasteiger partial charge < -0.3 is 9.64 Å². The highest BCUT2D eigenvalue weighted by molar-refractivity contribution is 5.80. The summed E-state index contributed by atoms with van der Waals surface area (Å²) in [5.74, 6) is -0.707. The molecule has 1 saturated carbocycles. The number of nitrogens with zero attached hydrogens (tertiary/aromatic N) is 5. The molecule has 3 aromatic heterocycles. The van der Waals surface area contributed by atoms with Crippen LogP contribution < -0.4 is 4.90 Å². The molecule has 1 aliphatic carbocycles. The molecule has 0 unspecified atom stereocenters. The Morgan fingerprint density at radius 1 is 0.970 bits per heavy atom. The highest BCUT2D eigenvalue weighted by atomic mass is 19.4. The average molecular weight is 460 g/mol. The molecule has 4 heterocycles. The third-order valence-electron chi connectivity index (χ3n) is 6.21. The zero-order valence-electron chi connectivity index (χ0n) is 19.1. The fourth-order valence-corrected chi connectivity index (χ4v) is 4.04. The number of fused-ring (bicyclic) bond motifs is 1. The van der Waals surface area contributed by atoms with Crippen molar-refractivity contribution in [2.75, 3.05) is 31.2 Å². The van der Waals surface area contributed by atoms with Crippen molar-refractivity contribution in [3.8, 4) is 0 Å². The van der Waals surface area contributed by atoms with Crippen molar-refractivity contribution in [2.45, 2.75) is 45.7 Å². The van der Waals surface area contributed by atoms with Crippen LogP contribution in [0.1, 0.15) is 41.5 Å². The second-order valence-corrected chi connectivity index (χ2v) is 8.61. The maximum Gasteiger partial charge on any atom is 0.391 e. The summed E-state index contributed by atoms with van der Waals surface area (Å²) < 4.78 is 44.1. The summed E-state index contributed by atoms with van der Waals surface area (Å²) in [5.41, 5.74) is 4.67. The molecule has 1 saturated heterocycles. The number of halogens is 3. The van der Waals surface area contributed by atoms with Gasteiger partial charge in [-0.3, -0.25) is 4.98 Å². The zero-order valence-corrected chi connectivity index (χ0v) is 19.1. The maximum atomic E-state index is 12.9. The van der Waals surface area contributed by atoms with E-state index in [1.54, 1.807) is 6.20 Å². The summed E-state index contributed by atoms with van der Waals surface area (Å²) in [6, 6.07) is 7.75. The van der Waals surface area contributed by atoms with Crippen LogP contribution in [0.4, 0.5) is 19.0 Å². The molecule has 2 fully saturated rings. The quantitative estimate of drug-likeness (QED) is 0.542. The van der Waals surface area contributed by atoms with Crippen LogP contribution in [0.25, 0.3) is 11.0 Å². The third-order valence-corrected chi connectivity index (χ3v) is 6.21. The first kappa shape index (κ1) is 23.4. The van der Waals surface area contributed by atoms with Crippen LogP contribution in [0.3, 0.4) is 0 Å². The van der Waals surface area contributed by atoms with Gasteiger partial charge in [-0.1, -0.05) is 6.07 Å². The molecule has 3 aromatic rings. The van der Waals surface area contributed by atoms with Crippen molar-refractivity contribution in [3.63, 3.8) is 0 Å². The van der Waals surface area contributed by atoms with Gasteiger partial charge in [-0.05, 0) is 45.7 Å². The lowest BCUT2D eigenvalue weighted by atomic mass is 9.72. The van der Waals surface area contributed by atoms with Gasteiger partial charge in [0.1, 0.15) is 11.3 Å². The molecule has 0 aromatic carbocycles. The minimum atomic E-state index is -4.13. The molecule has 9 heteroatoms. The summed E-state index contributed by atoms with van der Waals surface area (Å²) in [6.45, 7) is 8.39. The first-order valence-corrected chi connectivity index (χ1v) is 11.2. The second-order valence-electron chi connectivity index (χ2n) is 8.61. The third kappa shape index (κ3) is 5.40. The number of aromatic nitrogens is 4. The fourth-order valence-electron chi connectivity index (χ4n) is 4.04. The topological polar surface area (TPSA) is 64.0 Å². The van der Waals surface area contributed by atoms with Crippen LogP contribution in [0.15, 0.2) is 30.5 Å². The Balaban J connectivity index is 0.000000318. The first-order valence-electron chi connectivity index (χ1n) is 11.2. The average Bonchev–Trinajstić information content (AvgIpc) is 2.74. The normalized spacial score (nSPS) is 20.7. The number of pyridine rings is 2. The van der Waals surface area contributed by atoms with Gasteiger partial charge in [-0.2, -0.15) is 13.2 Å². The standard InChI is InChI=1S/C18H21F3N4O.C6H7N/c1-10-11(2)23-17-14(22-10)9-15(25-3-5-26-6-4-25)24-16(17)12-7-13(8-12)18(19,20)21;1-6-4-2-3-5-7-6/h9,12-13H,3-8H2,1-2H3;2-5H,1H3. The van der Waals surface area contributed by atoms with E-state index >= 15 is 0 Å². The molecule has 0 bridgehead atoms. The number of ether oxygens (including phenoxy) is 1. The van der Waals surface area contributed by atoms with Crippen LogP contribution in [0.2, 0.25) is 0 Å². The van der Waals surface area contributed by atoms with Gasteiger partial charge >= 0.3 is 6.18 Å². The zero-order chi connectivity index (χ0) is 23.6. The Bertz CT molecular complexity index is 1090. The Morgan fingerprint density at radius 3 is 2.24 bits per heavy atom. The molecule has 2 aliphatic rings. The molecule has 0 amide bonds. The second kappa shape index (κ2) is 9.59. The summed E-state index contributed by atoms with van der Waals surface area (Å²) in [6.07, 6.45) is -2.19. The van der Waals surface area contributed by atoms with Crippen molar-refractivity contribution < 1.29 is 17.9 Å². The largest absolute Gasteiger partial charge is 0.391 e.